The van der Waals surface area contributed by atoms with Crippen molar-refractivity contribution in [2.24, 2.45) is 0 Å². The highest BCUT2D eigenvalue weighted by Crippen LogP contribution is 2.35. The molecule has 0 spiro atoms. The average Bonchev–Trinajstić information content (AvgIpc) is 2.47. The standard InChI is InChI=1S/C10H11ClFN/c1-13-10-3-2-7-8(10)4-6(12)5-9(7)11/h4-5,10,13H,2-3H2,1H3. The summed E-state index contributed by atoms with van der Waals surface area (Å²) in [5.41, 5.74) is 2.12. The van der Waals surface area contributed by atoms with Gasteiger partial charge in [0.05, 0.1) is 0 Å². The van der Waals surface area contributed by atoms with Gasteiger partial charge in [-0.2, -0.15) is 0 Å². The van der Waals surface area contributed by atoms with Crippen LogP contribution in [0.5, 0.6) is 0 Å². The molecule has 1 aromatic rings. The zero-order valence-electron chi connectivity index (χ0n) is 7.40. The van der Waals surface area contributed by atoms with Crippen LogP contribution in [0.4, 0.5) is 4.39 Å². The first-order valence-electron chi connectivity index (χ1n) is 4.37. The molecule has 0 saturated carbocycles. The molecule has 3 heteroatoms. The summed E-state index contributed by atoms with van der Waals surface area (Å²) in [5, 5.41) is 3.71. The Morgan fingerprint density at radius 3 is 3.00 bits per heavy atom. The lowest BCUT2D eigenvalue weighted by molar-refractivity contribution is 0.581. The molecule has 2 rings (SSSR count). The molecular weight excluding hydrogens is 189 g/mol. The molecular formula is C10H11ClFN. The van der Waals surface area contributed by atoms with Gasteiger partial charge in [-0.25, -0.2) is 4.39 Å². The molecule has 1 aromatic carbocycles. The van der Waals surface area contributed by atoms with Crippen molar-refractivity contribution in [1.82, 2.24) is 5.32 Å². The van der Waals surface area contributed by atoms with Crippen LogP contribution in [0.25, 0.3) is 0 Å². The fourth-order valence-corrected chi connectivity index (χ4v) is 2.25. The molecule has 1 unspecified atom stereocenters. The summed E-state index contributed by atoms with van der Waals surface area (Å²) in [6.07, 6.45) is 1.95. The van der Waals surface area contributed by atoms with Gasteiger partial charge < -0.3 is 5.32 Å². The number of hydrogen-bond donors (Lipinski definition) is 1. The Balaban J connectivity index is 2.51. The van der Waals surface area contributed by atoms with Crippen LogP contribution in [0.2, 0.25) is 5.02 Å². The van der Waals surface area contributed by atoms with E-state index in [1.165, 1.54) is 6.07 Å². The third-order valence-electron chi connectivity index (χ3n) is 2.60. The van der Waals surface area contributed by atoms with Crippen molar-refractivity contribution in [3.63, 3.8) is 0 Å². The molecule has 1 N–H and O–H groups in total. The minimum Gasteiger partial charge on any atom is -0.313 e. The number of fused-ring (bicyclic) bond motifs is 1. The smallest absolute Gasteiger partial charge is 0.125 e. The molecule has 1 aliphatic rings. The molecule has 1 nitrogen and oxygen atoms in total. The second kappa shape index (κ2) is 3.28. The lowest BCUT2D eigenvalue weighted by Crippen LogP contribution is -2.12. The maximum Gasteiger partial charge on any atom is 0.125 e. The summed E-state index contributed by atoms with van der Waals surface area (Å²) in [6, 6.07) is 3.23. The number of rotatable bonds is 1. The molecule has 0 bridgehead atoms. The summed E-state index contributed by atoms with van der Waals surface area (Å²) >= 11 is 5.93. The van der Waals surface area contributed by atoms with Crippen molar-refractivity contribution >= 4 is 11.6 Å². The van der Waals surface area contributed by atoms with Crippen molar-refractivity contribution in [3.8, 4) is 0 Å². The van der Waals surface area contributed by atoms with Crippen molar-refractivity contribution < 1.29 is 4.39 Å². The van der Waals surface area contributed by atoms with Gasteiger partial charge in [0.15, 0.2) is 0 Å². The number of hydrogen-bond acceptors (Lipinski definition) is 1. The normalized spacial score (nSPS) is 20.4. The first-order valence-corrected chi connectivity index (χ1v) is 4.75. The molecule has 0 amide bonds. The van der Waals surface area contributed by atoms with Crippen LogP contribution in [0.3, 0.4) is 0 Å². The van der Waals surface area contributed by atoms with E-state index in [0.717, 1.165) is 24.0 Å². The zero-order valence-corrected chi connectivity index (χ0v) is 8.16. The van der Waals surface area contributed by atoms with Crippen LogP contribution in [0.15, 0.2) is 12.1 Å². The van der Waals surface area contributed by atoms with E-state index in [1.54, 1.807) is 6.07 Å². The van der Waals surface area contributed by atoms with Gasteiger partial charge in [-0.3, -0.25) is 0 Å². The van der Waals surface area contributed by atoms with Crippen molar-refractivity contribution in [1.29, 1.82) is 0 Å². The lowest BCUT2D eigenvalue weighted by Gasteiger charge is -2.10. The van der Waals surface area contributed by atoms with Crippen LogP contribution in [0.1, 0.15) is 23.6 Å². The molecule has 0 fully saturated rings. The van der Waals surface area contributed by atoms with Gasteiger partial charge in [0.25, 0.3) is 0 Å². The van der Waals surface area contributed by atoms with E-state index in [-0.39, 0.29) is 11.9 Å². The first kappa shape index (κ1) is 8.97. The van der Waals surface area contributed by atoms with Gasteiger partial charge in [0.2, 0.25) is 0 Å². The molecule has 70 valence electrons. The van der Waals surface area contributed by atoms with E-state index in [4.69, 9.17) is 11.6 Å². The summed E-state index contributed by atoms with van der Waals surface area (Å²) in [7, 11) is 1.89. The van der Waals surface area contributed by atoms with E-state index in [0.29, 0.717) is 5.02 Å². The second-order valence-electron chi connectivity index (χ2n) is 3.34. The Kier molecular flexibility index (Phi) is 2.26. The Morgan fingerprint density at radius 1 is 1.54 bits per heavy atom. The predicted octanol–water partition coefficient (Wildman–Crippen LogP) is 2.69. The average molecular weight is 200 g/mol. The van der Waals surface area contributed by atoms with Crippen LogP contribution < -0.4 is 5.32 Å². The highest BCUT2D eigenvalue weighted by atomic mass is 35.5. The minimum atomic E-state index is -0.245. The predicted molar refractivity (Wildman–Crippen MR) is 51.5 cm³/mol. The molecule has 0 heterocycles. The van der Waals surface area contributed by atoms with Crippen LogP contribution in [-0.2, 0) is 6.42 Å². The first-order chi connectivity index (χ1) is 6.22. The number of nitrogens with one attached hydrogen (secondary N) is 1. The molecule has 1 atom stereocenters. The van der Waals surface area contributed by atoms with E-state index >= 15 is 0 Å². The van der Waals surface area contributed by atoms with Crippen molar-refractivity contribution in [2.45, 2.75) is 18.9 Å². The summed E-state index contributed by atoms with van der Waals surface area (Å²) < 4.78 is 13.0. The van der Waals surface area contributed by atoms with Crippen LogP contribution in [0, 0.1) is 5.82 Å². The quantitative estimate of drug-likeness (QED) is 0.734. The largest absolute Gasteiger partial charge is 0.313 e. The maximum atomic E-state index is 13.0. The zero-order chi connectivity index (χ0) is 9.42. The van der Waals surface area contributed by atoms with Crippen LogP contribution >= 0.6 is 11.6 Å². The SMILES string of the molecule is CNC1CCc2c(Cl)cc(F)cc21. The Morgan fingerprint density at radius 2 is 2.31 bits per heavy atom. The highest BCUT2D eigenvalue weighted by Gasteiger charge is 2.23. The van der Waals surface area contributed by atoms with Crippen LogP contribution in [-0.4, -0.2) is 7.05 Å². The summed E-state index contributed by atoms with van der Waals surface area (Å²) in [5.74, 6) is -0.245. The maximum absolute atomic E-state index is 13.0. The van der Waals surface area contributed by atoms with E-state index in [1.807, 2.05) is 7.05 Å². The van der Waals surface area contributed by atoms with Gasteiger partial charge in [0.1, 0.15) is 5.82 Å². The highest BCUT2D eigenvalue weighted by molar-refractivity contribution is 6.31. The number of benzene rings is 1. The molecule has 1 aliphatic carbocycles. The number of halogens is 2. The van der Waals surface area contributed by atoms with Gasteiger partial charge in [-0.15, -0.1) is 0 Å². The Bertz CT molecular complexity index is 338. The summed E-state index contributed by atoms with van der Waals surface area (Å²) in [4.78, 5) is 0. The van der Waals surface area contributed by atoms with E-state index in [2.05, 4.69) is 5.32 Å². The third kappa shape index (κ3) is 1.45. The molecule has 13 heavy (non-hydrogen) atoms. The van der Waals surface area contributed by atoms with Crippen molar-refractivity contribution in [3.05, 3.63) is 34.1 Å². The Labute approximate surface area is 81.9 Å². The van der Waals surface area contributed by atoms with E-state index < -0.39 is 0 Å². The fourth-order valence-electron chi connectivity index (χ4n) is 1.94. The topological polar surface area (TPSA) is 12.0 Å². The van der Waals surface area contributed by atoms with Gasteiger partial charge >= 0.3 is 0 Å². The molecule has 0 aromatic heterocycles. The molecule has 0 saturated heterocycles. The molecule has 0 radical (unpaired) electrons. The second-order valence-corrected chi connectivity index (χ2v) is 3.74. The summed E-state index contributed by atoms with van der Waals surface area (Å²) in [6.45, 7) is 0. The third-order valence-corrected chi connectivity index (χ3v) is 2.94. The van der Waals surface area contributed by atoms with Gasteiger partial charge in [0, 0.05) is 11.1 Å². The monoisotopic (exact) mass is 199 g/mol. The minimum absolute atomic E-state index is 0.245. The van der Waals surface area contributed by atoms with Gasteiger partial charge in [-0.1, -0.05) is 11.6 Å². The lowest BCUT2D eigenvalue weighted by atomic mass is 10.1. The Hall–Kier alpha value is -0.600. The fraction of sp³-hybridized carbons (Fsp3) is 0.400. The van der Waals surface area contributed by atoms with E-state index in [9.17, 15) is 4.39 Å². The van der Waals surface area contributed by atoms with Gasteiger partial charge in [-0.05, 0) is 43.1 Å². The van der Waals surface area contributed by atoms with Crippen molar-refractivity contribution in [2.75, 3.05) is 7.05 Å². The molecule has 0 aliphatic heterocycles.